The first-order valence-corrected chi connectivity index (χ1v) is 12.2. The molecule has 0 bridgehead atoms. The Morgan fingerprint density at radius 1 is 1.12 bits per heavy atom. The molecule has 0 aliphatic carbocycles. The molecule has 1 aliphatic heterocycles. The van der Waals surface area contributed by atoms with Crippen LogP contribution in [0.4, 0.5) is 5.69 Å². The van der Waals surface area contributed by atoms with Crippen molar-refractivity contribution in [3.05, 3.63) is 99.4 Å². The molecule has 2 aromatic carbocycles. The molecule has 2 aromatic heterocycles. The van der Waals surface area contributed by atoms with Gasteiger partial charge in [-0.3, -0.25) is 4.98 Å². The smallest absolute Gasteiger partial charge is 0.174 e. The molecule has 1 aliphatic rings. The maximum absolute atomic E-state index is 6.46. The molecule has 5 nitrogen and oxygen atoms in total. The van der Waals surface area contributed by atoms with E-state index in [9.17, 15) is 0 Å². The molecule has 4 aromatic rings. The minimum Gasteiger partial charge on any atom is -0.495 e. The van der Waals surface area contributed by atoms with Gasteiger partial charge < -0.3 is 19.4 Å². The van der Waals surface area contributed by atoms with E-state index in [0.29, 0.717) is 15.9 Å². The summed E-state index contributed by atoms with van der Waals surface area (Å²) in [6.45, 7) is 2.06. The van der Waals surface area contributed by atoms with E-state index in [-0.39, 0.29) is 12.1 Å². The lowest BCUT2D eigenvalue weighted by molar-refractivity contribution is 0.415. The Labute approximate surface area is 216 Å². The lowest BCUT2D eigenvalue weighted by atomic mass is 10.0. The highest BCUT2D eigenvalue weighted by atomic mass is 79.9. The number of hydrogen-bond donors (Lipinski definition) is 1. The van der Waals surface area contributed by atoms with Crippen LogP contribution in [0.3, 0.4) is 0 Å². The van der Waals surface area contributed by atoms with E-state index in [2.05, 4.69) is 51.4 Å². The third kappa shape index (κ3) is 4.19. The molecule has 3 heterocycles. The number of ether oxygens (including phenoxy) is 1. The lowest BCUT2D eigenvalue weighted by Gasteiger charge is -2.26. The number of nitrogens with one attached hydrogen (secondary N) is 1. The van der Waals surface area contributed by atoms with E-state index in [1.165, 1.54) is 5.56 Å². The van der Waals surface area contributed by atoms with Crippen molar-refractivity contribution in [2.75, 3.05) is 12.0 Å². The van der Waals surface area contributed by atoms with Crippen molar-refractivity contribution in [2.24, 2.45) is 0 Å². The molecule has 0 saturated carbocycles. The Bertz CT molecular complexity index is 1360. The first-order valence-electron chi connectivity index (χ1n) is 10.7. The van der Waals surface area contributed by atoms with Crippen molar-refractivity contribution >= 4 is 50.5 Å². The van der Waals surface area contributed by atoms with Crippen LogP contribution in [0.5, 0.6) is 5.75 Å². The van der Waals surface area contributed by atoms with E-state index in [1.54, 1.807) is 13.3 Å². The molecule has 1 fully saturated rings. The predicted molar refractivity (Wildman–Crippen MR) is 143 cm³/mol. The largest absolute Gasteiger partial charge is 0.495 e. The molecule has 5 rings (SSSR count). The number of thiocarbonyl (C=S) groups is 1. The van der Waals surface area contributed by atoms with Crippen LogP contribution >= 0.6 is 39.7 Å². The summed E-state index contributed by atoms with van der Waals surface area (Å²) in [5, 5.41) is 4.51. The summed E-state index contributed by atoms with van der Waals surface area (Å²) in [4.78, 5) is 6.61. The molecule has 1 saturated heterocycles. The average molecular weight is 555 g/mol. The SMILES string of the molecule is COc1ccc(N2C(=S)N[C@@H](c3ccccn3)[C@H]2c2ccc(-c3ccc(C)cc3Br)o2)cc1Cl. The lowest BCUT2D eigenvalue weighted by Crippen LogP contribution is -2.29. The van der Waals surface area contributed by atoms with Gasteiger partial charge in [-0.15, -0.1) is 0 Å². The van der Waals surface area contributed by atoms with Gasteiger partial charge >= 0.3 is 0 Å². The first-order chi connectivity index (χ1) is 16.5. The number of rotatable bonds is 5. The number of methoxy groups -OCH3 is 1. The Kier molecular flexibility index (Phi) is 6.34. The van der Waals surface area contributed by atoms with Gasteiger partial charge in [0.2, 0.25) is 0 Å². The summed E-state index contributed by atoms with van der Waals surface area (Å²) in [6.07, 6.45) is 1.78. The normalized spacial score (nSPS) is 17.6. The number of aryl methyl sites for hydroxylation is 1. The maximum atomic E-state index is 6.46. The van der Waals surface area contributed by atoms with Crippen LogP contribution in [0.15, 0.2) is 81.8 Å². The molecular formula is C26H21BrClN3O2S. The Morgan fingerprint density at radius 2 is 1.97 bits per heavy atom. The molecule has 1 N–H and O–H groups in total. The van der Waals surface area contributed by atoms with Gasteiger partial charge in [-0.2, -0.15) is 0 Å². The number of benzene rings is 2. The van der Waals surface area contributed by atoms with Crippen molar-refractivity contribution in [1.82, 2.24) is 10.3 Å². The molecular weight excluding hydrogens is 534 g/mol. The molecule has 34 heavy (non-hydrogen) atoms. The standard InChI is InChI=1S/C26H21BrClN3O2S/c1-15-6-8-17(18(27)13-15)21-10-11-23(33-21)25-24(20-5-3-4-12-29-20)30-26(34)31(25)16-7-9-22(32-2)19(28)14-16/h3-14,24-25H,1-2H3,(H,30,34)/t24-,25+/m0/s1. The number of hydrogen-bond acceptors (Lipinski definition) is 4. The van der Waals surface area contributed by atoms with Crippen molar-refractivity contribution in [3.63, 3.8) is 0 Å². The molecule has 8 heteroatoms. The van der Waals surface area contributed by atoms with Crippen LogP contribution in [-0.4, -0.2) is 17.2 Å². The number of anilines is 1. The van der Waals surface area contributed by atoms with Gasteiger partial charge in [0, 0.05) is 21.9 Å². The van der Waals surface area contributed by atoms with E-state index in [1.807, 2.05) is 53.4 Å². The topological polar surface area (TPSA) is 50.5 Å². The van der Waals surface area contributed by atoms with Gasteiger partial charge in [0.1, 0.15) is 23.3 Å². The third-order valence-corrected chi connectivity index (χ3v) is 7.09. The van der Waals surface area contributed by atoms with E-state index in [0.717, 1.165) is 32.9 Å². The third-order valence-electron chi connectivity index (χ3n) is 5.82. The van der Waals surface area contributed by atoms with Crippen molar-refractivity contribution in [2.45, 2.75) is 19.0 Å². The van der Waals surface area contributed by atoms with Gasteiger partial charge in [0.15, 0.2) is 5.11 Å². The molecule has 0 unspecified atom stereocenters. The van der Waals surface area contributed by atoms with Crippen LogP contribution in [0, 0.1) is 6.92 Å². The maximum Gasteiger partial charge on any atom is 0.174 e. The molecule has 0 amide bonds. The minimum atomic E-state index is -0.273. The van der Waals surface area contributed by atoms with E-state index in [4.69, 9.17) is 33.0 Å². The molecule has 0 spiro atoms. The molecule has 2 atom stereocenters. The minimum absolute atomic E-state index is 0.213. The van der Waals surface area contributed by atoms with Crippen molar-refractivity contribution in [3.8, 4) is 17.1 Å². The second-order valence-corrected chi connectivity index (χ2v) is 9.65. The van der Waals surface area contributed by atoms with Crippen LogP contribution < -0.4 is 15.0 Å². The van der Waals surface area contributed by atoms with Gasteiger partial charge in [0.05, 0.1) is 23.9 Å². The number of pyridine rings is 1. The highest BCUT2D eigenvalue weighted by molar-refractivity contribution is 9.10. The second-order valence-electron chi connectivity index (χ2n) is 8.00. The summed E-state index contributed by atoms with van der Waals surface area (Å²) in [5.41, 5.74) is 3.86. The van der Waals surface area contributed by atoms with Crippen LogP contribution in [0.2, 0.25) is 5.02 Å². The van der Waals surface area contributed by atoms with Gasteiger partial charge in [0.25, 0.3) is 0 Å². The van der Waals surface area contributed by atoms with Crippen molar-refractivity contribution in [1.29, 1.82) is 0 Å². The number of aromatic nitrogens is 1. The fourth-order valence-electron chi connectivity index (χ4n) is 4.20. The average Bonchev–Trinajstić information content (AvgIpc) is 3.44. The summed E-state index contributed by atoms with van der Waals surface area (Å²) >= 11 is 15.9. The van der Waals surface area contributed by atoms with Gasteiger partial charge in [-0.25, -0.2) is 0 Å². The van der Waals surface area contributed by atoms with E-state index < -0.39 is 0 Å². The highest BCUT2D eigenvalue weighted by Crippen LogP contribution is 2.44. The van der Waals surface area contributed by atoms with Crippen LogP contribution in [-0.2, 0) is 0 Å². The molecule has 172 valence electrons. The summed E-state index contributed by atoms with van der Waals surface area (Å²) in [6, 6.07) is 21.2. The van der Waals surface area contributed by atoms with Crippen LogP contribution in [0.25, 0.3) is 11.3 Å². The zero-order valence-corrected chi connectivity index (χ0v) is 21.6. The fraction of sp³-hybridized carbons (Fsp3) is 0.154. The van der Waals surface area contributed by atoms with Gasteiger partial charge in [-0.1, -0.05) is 39.7 Å². The highest BCUT2D eigenvalue weighted by Gasteiger charge is 2.42. The quantitative estimate of drug-likeness (QED) is 0.262. The zero-order chi connectivity index (χ0) is 23.8. The Balaban J connectivity index is 1.61. The van der Waals surface area contributed by atoms with Gasteiger partial charge in [-0.05, 0) is 79.3 Å². The molecule has 0 radical (unpaired) electrons. The fourth-order valence-corrected chi connectivity index (χ4v) is 5.49. The summed E-state index contributed by atoms with van der Waals surface area (Å²) in [7, 11) is 1.59. The summed E-state index contributed by atoms with van der Waals surface area (Å²) in [5.74, 6) is 2.13. The van der Waals surface area contributed by atoms with E-state index >= 15 is 0 Å². The number of halogens is 2. The van der Waals surface area contributed by atoms with Crippen molar-refractivity contribution < 1.29 is 9.15 Å². The number of furan rings is 1. The number of nitrogens with zero attached hydrogens (tertiary/aromatic N) is 2. The Morgan fingerprint density at radius 3 is 2.68 bits per heavy atom. The zero-order valence-electron chi connectivity index (χ0n) is 18.5. The van der Waals surface area contributed by atoms with Crippen LogP contribution in [0.1, 0.15) is 29.1 Å². The monoisotopic (exact) mass is 553 g/mol. The Hall–Kier alpha value is -2.87. The summed E-state index contributed by atoms with van der Waals surface area (Å²) < 4.78 is 12.8. The first kappa shape index (κ1) is 22.9. The predicted octanol–water partition coefficient (Wildman–Crippen LogP) is 7.25. The second kappa shape index (κ2) is 9.41.